The number of rotatable bonds is 7. The van der Waals surface area contributed by atoms with Crippen molar-refractivity contribution in [3.63, 3.8) is 0 Å². The first-order valence-corrected chi connectivity index (χ1v) is 12.7. The molecule has 1 N–H and O–H groups in total. The normalized spacial score (nSPS) is 14.9. The van der Waals surface area contributed by atoms with E-state index in [0.717, 1.165) is 4.90 Å². The van der Waals surface area contributed by atoms with Gasteiger partial charge in [-0.2, -0.15) is 8.42 Å². The highest BCUT2D eigenvalue weighted by Crippen LogP contribution is 2.33. The van der Waals surface area contributed by atoms with E-state index in [4.69, 9.17) is 15.8 Å². The summed E-state index contributed by atoms with van der Waals surface area (Å²) in [5.41, 5.74) is 0.985. The molecule has 3 aromatic rings. The summed E-state index contributed by atoms with van der Waals surface area (Å²) in [4.78, 5) is 38.2. The number of hydrogen-bond acceptors (Lipinski definition) is 7. The lowest BCUT2D eigenvalue weighted by Gasteiger charge is -2.12. The van der Waals surface area contributed by atoms with Crippen LogP contribution in [0.1, 0.15) is 5.56 Å². The first kappa shape index (κ1) is 24.5. The van der Waals surface area contributed by atoms with Crippen molar-refractivity contribution in [3.05, 3.63) is 94.4 Å². The fourth-order valence-corrected chi connectivity index (χ4v) is 4.97. The van der Waals surface area contributed by atoms with Crippen molar-refractivity contribution in [2.45, 2.75) is 4.90 Å². The third-order valence-corrected chi connectivity index (χ3v) is 7.12. The van der Waals surface area contributed by atoms with E-state index in [2.05, 4.69) is 5.32 Å². The van der Waals surface area contributed by atoms with Crippen molar-refractivity contribution >= 4 is 62.3 Å². The highest BCUT2D eigenvalue weighted by Gasteiger charge is 2.36. The topological polar surface area (TPSA) is 110 Å². The van der Waals surface area contributed by atoms with E-state index < -0.39 is 33.7 Å². The van der Waals surface area contributed by atoms with Crippen LogP contribution in [-0.2, 0) is 19.7 Å². The van der Waals surface area contributed by atoms with Gasteiger partial charge in [-0.3, -0.25) is 19.3 Å². The molecule has 3 aromatic carbocycles. The number of carbonyl (C=O) groups excluding carboxylic acids is 3. The van der Waals surface area contributed by atoms with Crippen LogP contribution in [0.15, 0.2) is 88.7 Å². The van der Waals surface area contributed by atoms with Gasteiger partial charge >= 0.3 is 10.1 Å². The molecule has 1 aliphatic heterocycles. The molecule has 4 rings (SSSR count). The lowest BCUT2D eigenvalue weighted by Crippen LogP contribution is -2.36. The van der Waals surface area contributed by atoms with Crippen molar-refractivity contribution in [3.8, 4) is 5.75 Å². The Morgan fingerprint density at radius 1 is 1.00 bits per heavy atom. The van der Waals surface area contributed by atoms with Crippen LogP contribution >= 0.6 is 23.4 Å². The van der Waals surface area contributed by atoms with E-state index in [0.29, 0.717) is 28.0 Å². The minimum absolute atomic E-state index is 0.0233. The number of benzene rings is 3. The number of anilines is 1. The summed E-state index contributed by atoms with van der Waals surface area (Å²) in [5.74, 6) is -1.11. The molecule has 1 heterocycles. The molecule has 1 aliphatic rings. The van der Waals surface area contributed by atoms with Crippen LogP contribution in [-0.4, -0.2) is 36.9 Å². The molecule has 0 unspecified atom stereocenters. The molecule has 35 heavy (non-hydrogen) atoms. The van der Waals surface area contributed by atoms with Crippen LogP contribution in [0.4, 0.5) is 10.5 Å². The molecule has 11 heteroatoms. The molecule has 0 spiro atoms. The van der Waals surface area contributed by atoms with E-state index in [1.807, 2.05) is 0 Å². The van der Waals surface area contributed by atoms with Crippen molar-refractivity contribution in [1.82, 2.24) is 4.90 Å². The minimum Gasteiger partial charge on any atom is -0.379 e. The van der Waals surface area contributed by atoms with E-state index >= 15 is 0 Å². The Morgan fingerprint density at radius 2 is 1.71 bits per heavy atom. The monoisotopic (exact) mass is 528 g/mol. The van der Waals surface area contributed by atoms with E-state index in [-0.39, 0.29) is 15.6 Å². The summed E-state index contributed by atoms with van der Waals surface area (Å²) < 4.78 is 30.2. The fourth-order valence-electron chi connectivity index (χ4n) is 3.09. The highest BCUT2D eigenvalue weighted by molar-refractivity contribution is 8.18. The smallest absolute Gasteiger partial charge is 0.339 e. The fraction of sp³-hybridized carbons (Fsp3) is 0.0417. The Bertz CT molecular complexity index is 1420. The van der Waals surface area contributed by atoms with Gasteiger partial charge in [-0.25, -0.2) is 0 Å². The molecule has 8 nitrogen and oxygen atoms in total. The number of imide groups is 1. The van der Waals surface area contributed by atoms with Crippen molar-refractivity contribution < 1.29 is 27.0 Å². The molecular formula is C24H17ClN2O6S2. The van der Waals surface area contributed by atoms with Gasteiger partial charge in [0.05, 0.1) is 4.91 Å². The zero-order valence-electron chi connectivity index (χ0n) is 17.9. The van der Waals surface area contributed by atoms with Gasteiger partial charge in [-0.05, 0) is 71.9 Å². The van der Waals surface area contributed by atoms with E-state index in [9.17, 15) is 22.8 Å². The molecule has 0 bridgehead atoms. The molecule has 0 radical (unpaired) electrons. The van der Waals surface area contributed by atoms with Gasteiger partial charge in [0.1, 0.15) is 17.2 Å². The third-order valence-electron chi connectivity index (χ3n) is 4.70. The average Bonchev–Trinajstić information content (AvgIpc) is 3.07. The standard InChI is InChI=1S/C24H17ClN2O6S2/c25-17-9-11-20(12-10-17)35(31,32)33-19-8-4-5-16(13-19)14-21-23(29)27(24(30)34-21)15-22(28)26-18-6-2-1-3-7-18/h1-14H,15H2,(H,26,28)/b21-14-. The van der Waals surface area contributed by atoms with Crippen LogP contribution in [0.2, 0.25) is 5.02 Å². The molecule has 1 fully saturated rings. The molecule has 0 saturated carbocycles. The number of nitrogens with zero attached hydrogens (tertiary/aromatic N) is 1. The number of nitrogens with one attached hydrogen (secondary N) is 1. The summed E-state index contributed by atoms with van der Waals surface area (Å²) >= 11 is 6.49. The molecular weight excluding hydrogens is 512 g/mol. The van der Waals surface area contributed by atoms with Crippen LogP contribution in [0, 0.1) is 0 Å². The predicted molar refractivity (Wildman–Crippen MR) is 133 cm³/mol. The Labute approximate surface area is 210 Å². The summed E-state index contributed by atoms with van der Waals surface area (Å²) in [5, 5.41) is 2.43. The largest absolute Gasteiger partial charge is 0.379 e. The average molecular weight is 529 g/mol. The van der Waals surface area contributed by atoms with Gasteiger partial charge in [-0.15, -0.1) is 0 Å². The zero-order chi connectivity index (χ0) is 25.0. The summed E-state index contributed by atoms with van der Waals surface area (Å²) in [6.45, 7) is -0.431. The summed E-state index contributed by atoms with van der Waals surface area (Å²) in [6.07, 6.45) is 1.43. The lowest BCUT2D eigenvalue weighted by molar-refractivity contribution is -0.127. The van der Waals surface area contributed by atoms with Crippen LogP contribution in [0.5, 0.6) is 5.75 Å². The Morgan fingerprint density at radius 3 is 2.43 bits per heavy atom. The van der Waals surface area contributed by atoms with Crippen molar-refractivity contribution in [1.29, 1.82) is 0 Å². The van der Waals surface area contributed by atoms with Gasteiger partial charge < -0.3 is 9.50 Å². The first-order chi connectivity index (χ1) is 16.7. The van der Waals surface area contributed by atoms with Gasteiger partial charge in [0.15, 0.2) is 0 Å². The predicted octanol–water partition coefficient (Wildman–Crippen LogP) is 4.78. The Hall–Kier alpha value is -3.60. The van der Waals surface area contributed by atoms with Gasteiger partial charge in [0.25, 0.3) is 11.1 Å². The van der Waals surface area contributed by atoms with E-state index in [1.54, 1.807) is 42.5 Å². The number of amides is 3. The lowest BCUT2D eigenvalue weighted by atomic mass is 10.2. The van der Waals surface area contributed by atoms with Crippen LogP contribution in [0.25, 0.3) is 6.08 Å². The van der Waals surface area contributed by atoms with E-state index in [1.165, 1.54) is 42.5 Å². The molecule has 0 aliphatic carbocycles. The second-order valence-corrected chi connectivity index (χ2v) is 10.2. The van der Waals surface area contributed by atoms with Crippen molar-refractivity contribution in [2.75, 3.05) is 11.9 Å². The van der Waals surface area contributed by atoms with Gasteiger partial charge in [0, 0.05) is 10.7 Å². The molecule has 178 valence electrons. The second kappa shape index (κ2) is 10.3. The van der Waals surface area contributed by atoms with Crippen LogP contribution in [0.3, 0.4) is 0 Å². The zero-order valence-corrected chi connectivity index (χ0v) is 20.3. The number of halogens is 1. The molecule has 1 saturated heterocycles. The van der Waals surface area contributed by atoms with Gasteiger partial charge in [-0.1, -0.05) is 41.9 Å². The number of hydrogen-bond donors (Lipinski definition) is 1. The first-order valence-electron chi connectivity index (χ1n) is 10.1. The maximum absolute atomic E-state index is 12.7. The Balaban J connectivity index is 1.46. The number of carbonyl (C=O) groups is 3. The third kappa shape index (κ3) is 6.10. The number of thioether (sulfide) groups is 1. The highest BCUT2D eigenvalue weighted by atomic mass is 35.5. The SMILES string of the molecule is O=C(CN1C(=O)S/C(=C\c2cccc(OS(=O)(=O)c3ccc(Cl)cc3)c2)C1=O)Nc1ccccc1. The molecule has 3 amide bonds. The van der Waals surface area contributed by atoms with Crippen LogP contribution < -0.4 is 9.50 Å². The minimum atomic E-state index is -4.10. The van der Waals surface area contributed by atoms with Gasteiger partial charge in [0.2, 0.25) is 5.91 Å². The molecule has 0 atom stereocenters. The summed E-state index contributed by atoms with van der Waals surface area (Å²) in [7, 11) is -4.10. The van der Waals surface area contributed by atoms with Crippen molar-refractivity contribution in [2.24, 2.45) is 0 Å². The quantitative estimate of drug-likeness (QED) is 0.347. The molecule has 0 aromatic heterocycles. The second-order valence-electron chi connectivity index (χ2n) is 7.25. The Kier molecular flexibility index (Phi) is 7.25. The maximum Gasteiger partial charge on any atom is 0.339 e. The maximum atomic E-state index is 12.7. The number of para-hydroxylation sites is 1. The summed E-state index contributed by atoms with van der Waals surface area (Å²) in [6, 6.07) is 20.2.